The van der Waals surface area contributed by atoms with Crippen LogP contribution >= 0.6 is 0 Å². The molecule has 156 valence electrons. The van der Waals surface area contributed by atoms with E-state index in [-0.39, 0.29) is 18.1 Å². The van der Waals surface area contributed by atoms with Crippen molar-refractivity contribution in [3.63, 3.8) is 0 Å². The Morgan fingerprint density at radius 1 is 1.00 bits per heavy atom. The van der Waals surface area contributed by atoms with Gasteiger partial charge < -0.3 is 39.7 Å². The summed E-state index contributed by atoms with van der Waals surface area (Å²) in [5.74, 6) is -0.891. The summed E-state index contributed by atoms with van der Waals surface area (Å²) in [4.78, 5) is 12.0. The van der Waals surface area contributed by atoms with Gasteiger partial charge in [0.25, 0.3) is 0 Å². The third kappa shape index (κ3) is 4.84. The van der Waals surface area contributed by atoms with Crippen LogP contribution in [0.15, 0.2) is 48.5 Å². The molecule has 0 bridgehead atoms. The predicted octanol–water partition coefficient (Wildman–Crippen LogP) is -0.0721. The maximum atomic E-state index is 12.0. The van der Waals surface area contributed by atoms with E-state index in [4.69, 9.17) is 14.2 Å². The zero-order chi connectivity index (χ0) is 21.0. The highest BCUT2D eigenvalue weighted by molar-refractivity contribution is 5.89. The number of carbonyl (C=O) groups is 1. The third-order valence-electron chi connectivity index (χ3n) is 4.50. The van der Waals surface area contributed by atoms with Crippen LogP contribution in [0.5, 0.6) is 11.5 Å². The average molecular weight is 406 g/mol. The molecule has 1 aliphatic rings. The van der Waals surface area contributed by atoms with Crippen molar-refractivity contribution in [3.05, 3.63) is 59.7 Å². The van der Waals surface area contributed by atoms with Gasteiger partial charge in [0, 0.05) is 0 Å². The van der Waals surface area contributed by atoms with Crippen molar-refractivity contribution in [2.75, 3.05) is 6.61 Å². The first kappa shape index (κ1) is 21.0. The minimum Gasteiger partial charge on any atom is -0.504 e. The summed E-state index contributed by atoms with van der Waals surface area (Å²) >= 11 is 0. The Kier molecular flexibility index (Phi) is 6.68. The van der Waals surface area contributed by atoms with Crippen molar-refractivity contribution >= 4 is 5.97 Å². The topological polar surface area (TPSA) is 146 Å². The quantitative estimate of drug-likeness (QED) is 0.416. The number of hydrogen-bond acceptors (Lipinski definition) is 9. The van der Waals surface area contributed by atoms with Gasteiger partial charge in [-0.2, -0.15) is 0 Å². The van der Waals surface area contributed by atoms with Crippen LogP contribution in [0, 0.1) is 0 Å². The van der Waals surface area contributed by atoms with Crippen molar-refractivity contribution in [3.8, 4) is 11.5 Å². The van der Waals surface area contributed by atoms with Crippen LogP contribution in [0.25, 0.3) is 0 Å². The molecule has 0 radical (unpaired) electrons. The first-order chi connectivity index (χ1) is 13.9. The number of aromatic hydroxyl groups is 1. The molecule has 2 aromatic rings. The number of phenolic OH excluding ortho intramolecular Hbond substituents is 1. The Hall–Kier alpha value is -2.69. The number of phenols is 1. The lowest BCUT2D eigenvalue weighted by molar-refractivity contribution is -0.277. The lowest BCUT2D eigenvalue weighted by atomic mass is 9.99. The molecule has 5 unspecified atom stereocenters. The van der Waals surface area contributed by atoms with Gasteiger partial charge in [-0.15, -0.1) is 0 Å². The molecular formula is C20H22O9. The van der Waals surface area contributed by atoms with E-state index in [2.05, 4.69) is 0 Å². The van der Waals surface area contributed by atoms with Crippen LogP contribution in [0.2, 0.25) is 0 Å². The van der Waals surface area contributed by atoms with Gasteiger partial charge in [-0.3, -0.25) is 0 Å². The molecule has 0 amide bonds. The molecule has 1 aliphatic heterocycles. The predicted molar refractivity (Wildman–Crippen MR) is 98.1 cm³/mol. The first-order valence-corrected chi connectivity index (χ1v) is 8.92. The van der Waals surface area contributed by atoms with Crippen LogP contribution in [-0.2, 0) is 16.1 Å². The van der Waals surface area contributed by atoms with Crippen molar-refractivity contribution in [1.29, 1.82) is 0 Å². The maximum Gasteiger partial charge on any atom is 0.338 e. The summed E-state index contributed by atoms with van der Waals surface area (Å²) in [7, 11) is 0. The summed E-state index contributed by atoms with van der Waals surface area (Å²) < 4.78 is 15.9. The molecular weight excluding hydrogens is 384 g/mol. The van der Waals surface area contributed by atoms with Gasteiger partial charge in [-0.25, -0.2) is 4.79 Å². The fraction of sp³-hybridized carbons (Fsp3) is 0.350. The summed E-state index contributed by atoms with van der Waals surface area (Å²) in [6.45, 7) is -0.703. The molecule has 29 heavy (non-hydrogen) atoms. The lowest BCUT2D eigenvalue weighted by Crippen LogP contribution is -2.60. The molecule has 0 aliphatic carbocycles. The lowest BCUT2D eigenvalue weighted by Gasteiger charge is -2.39. The van der Waals surface area contributed by atoms with Gasteiger partial charge in [0.1, 0.15) is 31.0 Å². The Balaban J connectivity index is 1.68. The van der Waals surface area contributed by atoms with Gasteiger partial charge in [-0.05, 0) is 29.8 Å². The van der Waals surface area contributed by atoms with Gasteiger partial charge in [0.15, 0.2) is 11.5 Å². The van der Waals surface area contributed by atoms with Crippen molar-refractivity contribution < 1.29 is 44.5 Å². The standard InChI is InChI=1S/C20H22O9/c21-9-15-16(23)17(24)18(25)20(29-15)28-14-8-11(6-7-13(14)22)10-27-19(26)12-4-2-1-3-5-12/h1-8,15-18,20-25H,9-10H2. The molecule has 1 saturated heterocycles. The average Bonchev–Trinajstić information content (AvgIpc) is 2.74. The summed E-state index contributed by atoms with van der Waals surface area (Å²) in [6.07, 6.45) is -7.34. The largest absolute Gasteiger partial charge is 0.504 e. The van der Waals surface area contributed by atoms with Crippen LogP contribution in [0.4, 0.5) is 0 Å². The van der Waals surface area contributed by atoms with Crippen molar-refractivity contribution in [2.45, 2.75) is 37.3 Å². The number of hydrogen-bond donors (Lipinski definition) is 5. The molecule has 9 nitrogen and oxygen atoms in total. The van der Waals surface area contributed by atoms with E-state index in [0.29, 0.717) is 11.1 Å². The first-order valence-electron chi connectivity index (χ1n) is 8.92. The third-order valence-corrected chi connectivity index (χ3v) is 4.50. The van der Waals surface area contributed by atoms with Crippen LogP contribution in [-0.4, -0.2) is 68.8 Å². The molecule has 0 spiro atoms. The molecule has 0 saturated carbocycles. The number of esters is 1. The summed E-state index contributed by atoms with van der Waals surface area (Å²) in [6, 6.07) is 12.7. The normalized spacial score (nSPS) is 26.7. The number of rotatable bonds is 6. The van der Waals surface area contributed by atoms with E-state index in [0.717, 1.165) is 0 Å². The maximum absolute atomic E-state index is 12.0. The van der Waals surface area contributed by atoms with Crippen molar-refractivity contribution in [2.24, 2.45) is 0 Å². The molecule has 0 aromatic heterocycles. The zero-order valence-electron chi connectivity index (χ0n) is 15.3. The number of aliphatic hydroxyl groups excluding tert-OH is 4. The molecule has 1 fully saturated rings. The van der Waals surface area contributed by atoms with Crippen LogP contribution in [0.3, 0.4) is 0 Å². The smallest absolute Gasteiger partial charge is 0.338 e. The SMILES string of the molecule is O=C(OCc1ccc(O)c(OC2OC(CO)C(O)C(O)C2O)c1)c1ccccc1. The number of carbonyl (C=O) groups excluding carboxylic acids is 1. The second kappa shape index (κ2) is 9.21. The molecule has 5 atom stereocenters. The van der Waals surface area contributed by atoms with Gasteiger partial charge in [0.05, 0.1) is 12.2 Å². The number of aliphatic hydroxyl groups is 4. The minimum atomic E-state index is -1.62. The van der Waals surface area contributed by atoms with Gasteiger partial charge in [-0.1, -0.05) is 24.3 Å². The fourth-order valence-corrected chi connectivity index (χ4v) is 2.84. The molecule has 3 rings (SSSR count). The van der Waals surface area contributed by atoms with E-state index in [1.165, 1.54) is 18.2 Å². The Labute approximate surface area is 166 Å². The molecule has 5 N–H and O–H groups in total. The number of ether oxygens (including phenoxy) is 3. The van der Waals surface area contributed by atoms with E-state index in [9.17, 15) is 30.3 Å². The summed E-state index contributed by atoms with van der Waals surface area (Å²) in [5.41, 5.74) is 0.885. The summed E-state index contributed by atoms with van der Waals surface area (Å²) in [5, 5.41) is 48.9. The van der Waals surface area contributed by atoms with Gasteiger partial charge >= 0.3 is 5.97 Å². The second-order valence-corrected chi connectivity index (χ2v) is 6.56. The Morgan fingerprint density at radius 2 is 1.72 bits per heavy atom. The highest BCUT2D eigenvalue weighted by Crippen LogP contribution is 2.31. The number of benzene rings is 2. The highest BCUT2D eigenvalue weighted by Gasteiger charge is 2.44. The van der Waals surface area contributed by atoms with Gasteiger partial charge in [0.2, 0.25) is 6.29 Å². The van der Waals surface area contributed by atoms with E-state index in [1.54, 1.807) is 30.3 Å². The monoisotopic (exact) mass is 406 g/mol. The fourth-order valence-electron chi connectivity index (χ4n) is 2.84. The van der Waals surface area contributed by atoms with Crippen molar-refractivity contribution in [1.82, 2.24) is 0 Å². The molecule has 2 aromatic carbocycles. The van der Waals surface area contributed by atoms with Crippen LogP contribution in [0.1, 0.15) is 15.9 Å². The van der Waals surface area contributed by atoms with E-state index >= 15 is 0 Å². The minimum absolute atomic E-state index is 0.0948. The van der Waals surface area contributed by atoms with Crippen LogP contribution < -0.4 is 4.74 Å². The highest BCUT2D eigenvalue weighted by atomic mass is 16.7. The Bertz CT molecular complexity index is 824. The zero-order valence-corrected chi connectivity index (χ0v) is 15.3. The molecule has 9 heteroatoms. The second-order valence-electron chi connectivity index (χ2n) is 6.56. The Morgan fingerprint density at radius 3 is 2.41 bits per heavy atom. The van der Waals surface area contributed by atoms with E-state index in [1.807, 2.05) is 0 Å². The van der Waals surface area contributed by atoms with E-state index < -0.39 is 43.3 Å². The molecule has 1 heterocycles.